The van der Waals surface area contributed by atoms with Gasteiger partial charge in [-0.15, -0.1) is 11.3 Å². The third kappa shape index (κ3) is 2.24. The van der Waals surface area contributed by atoms with Crippen LogP contribution in [0, 0.1) is 0 Å². The van der Waals surface area contributed by atoms with Gasteiger partial charge in [-0.2, -0.15) is 5.10 Å². The van der Waals surface area contributed by atoms with Crippen molar-refractivity contribution in [3.63, 3.8) is 0 Å². The molecule has 1 spiro atoms. The van der Waals surface area contributed by atoms with Crippen LogP contribution in [0.3, 0.4) is 0 Å². The predicted octanol–water partition coefficient (Wildman–Crippen LogP) is 4.76. The fraction of sp³-hybridized carbons (Fsp3) is 0.182. The lowest BCUT2D eigenvalue weighted by Gasteiger charge is -2.44. The summed E-state index contributed by atoms with van der Waals surface area (Å²) in [4.78, 5) is 14.5. The van der Waals surface area contributed by atoms with E-state index in [1.807, 2.05) is 35.7 Å². The van der Waals surface area contributed by atoms with E-state index in [-0.39, 0.29) is 11.9 Å². The van der Waals surface area contributed by atoms with Gasteiger partial charge in [-0.3, -0.25) is 4.79 Å². The highest BCUT2D eigenvalue weighted by Gasteiger charge is 2.61. The summed E-state index contributed by atoms with van der Waals surface area (Å²) in [6.07, 6.45) is 0.662. The van der Waals surface area contributed by atoms with Crippen LogP contribution < -0.4 is 14.8 Å². The van der Waals surface area contributed by atoms with E-state index in [9.17, 15) is 4.79 Å². The second-order valence-electron chi connectivity index (χ2n) is 7.36. The number of nitrogens with one attached hydrogen (secondary N) is 1. The predicted molar refractivity (Wildman–Crippen MR) is 115 cm³/mol. The number of anilines is 1. The molecule has 6 rings (SSSR count). The number of ether oxygens (including phenoxy) is 2. The lowest BCUT2D eigenvalue weighted by atomic mass is 9.93. The Balaban J connectivity index is 1.62. The fourth-order valence-electron chi connectivity index (χ4n) is 4.46. The van der Waals surface area contributed by atoms with Gasteiger partial charge in [-0.05, 0) is 35.7 Å². The zero-order chi connectivity index (χ0) is 20.5. The summed E-state index contributed by atoms with van der Waals surface area (Å²) in [5.41, 5.74) is 1.74. The number of carbonyl (C=O) groups is 1. The number of hydrogen-bond donors (Lipinski definition) is 1. The summed E-state index contributed by atoms with van der Waals surface area (Å²) in [7, 11) is 1.60. The number of para-hydroxylation sites is 1. The third-order valence-corrected chi connectivity index (χ3v) is 6.93. The molecule has 0 fully saturated rings. The summed E-state index contributed by atoms with van der Waals surface area (Å²) in [5, 5.41) is 12.2. The molecule has 4 heterocycles. The Hall–Kier alpha value is -3.03. The third-order valence-electron chi connectivity index (χ3n) is 5.78. The minimum absolute atomic E-state index is 0.170. The van der Waals surface area contributed by atoms with Crippen LogP contribution in [0.2, 0.25) is 5.02 Å². The quantitative estimate of drug-likeness (QED) is 0.628. The van der Waals surface area contributed by atoms with Crippen molar-refractivity contribution in [3.8, 4) is 11.5 Å². The number of fused-ring (bicyclic) bond motifs is 6. The molecule has 0 bridgehead atoms. The van der Waals surface area contributed by atoms with E-state index >= 15 is 0 Å². The van der Waals surface area contributed by atoms with Crippen LogP contribution in [-0.4, -0.2) is 23.7 Å². The van der Waals surface area contributed by atoms with Crippen LogP contribution in [0.15, 0.2) is 59.0 Å². The molecule has 1 aromatic heterocycles. The minimum atomic E-state index is -1.45. The molecule has 30 heavy (non-hydrogen) atoms. The lowest BCUT2D eigenvalue weighted by molar-refractivity contribution is -0.161. The summed E-state index contributed by atoms with van der Waals surface area (Å²) < 4.78 is 12.1. The number of rotatable bonds is 2. The highest BCUT2D eigenvalue weighted by atomic mass is 35.5. The number of halogens is 1. The SMILES string of the molecule is COc1cccc2c1O[C@@]1(C(=O)Nc3ccc(Cl)cc31)N1N=C(c3cccs3)C[C@H]21. The molecule has 3 aliphatic rings. The van der Waals surface area contributed by atoms with Crippen LogP contribution in [0.5, 0.6) is 11.5 Å². The molecule has 2 atom stereocenters. The first kappa shape index (κ1) is 17.8. The molecule has 8 heteroatoms. The smallest absolute Gasteiger partial charge is 0.306 e. The fourth-order valence-corrected chi connectivity index (χ4v) is 5.35. The Kier molecular flexibility index (Phi) is 3.70. The number of nitrogens with zero attached hydrogens (tertiary/aromatic N) is 2. The molecule has 2 aromatic carbocycles. The topological polar surface area (TPSA) is 63.2 Å². The van der Waals surface area contributed by atoms with Gasteiger partial charge in [0.2, 0.25) is 0 Å². The zero-order valence-corrected chi connectivity index (χ0v) is 17.5. The van der Waals surface area contributed by atoms with Gasteiger partial charge in [0.1, 0.15) is 0 Å². The molecule has 6 nitrogen and oxygen atoms in total. The number of benzene rings is 2. The maximum absolute atomic E-state index is 13.4. The summed E-state index contributed by atoms with van der Waals surface area (Å²) >= 11 is 7.94. The highest BCUT2D eigenvalue weighted by Crippen LogP contribution is 2.56. The van der Waals surface area contributed by atoms with Gasteiger partial charge in [0.25, 0.3) is 5.91 Å². The maximum Gasteiger partial charge on any atom is 0.306 e. The molecule has 150 valence electrons. The number of thiophene rings is 1. The van der Waals surface area contributed by atoms with Crippen molar-refractivity contribution in [2.75, 3.05) is 12.4 Å². The Labute approximate surface area is 181 Å². The van der Waals surface area contributed by atoms with Crippen molar-refractivity contribution in [2.45, 2.75) is 18.2 Å². The van der Waals surface area contributed by atoms with E-state index in [4.69, 9.17) is 26.2 Å². The Bertz CT molecular complexity index is 1230. The zero-order valence-electron chi connectivity index (χ0n) is 15.9. The first-order valence-electron chi connectivity index (χ1n) is 9.50. The molecule has 0 unspecified atom stereocenters. The van der Waals surface area contributed by atoms with Crippen molar-refractivity contribution in [3.05, 3.63) is 74.9 Å². The molecule has 1 N–H and O–H groups in total. The molecule has 0 aliphatic carbocycles. The first-order valence-corrected chi connectivity index (χ1v) is 10.8. The van der Waals surface area contributed by atoms with Crippen LogP contribution >= 0.6 is 22.9 Å². The monoisotopic (exact) mass is 437 g/mol. The number of carbonyl (C=O) groups excluding carboxylic acids is 1. The Morgan fingerprint density at radius 2 is 2.20 bits per heavy atom. The Morgan fingerprint density at radius 3 is 3.00 bits per heavy atom. The van der Waals surface area contributed by atoms with Gasteiger partial charge in [-0.1, -0.05) is 29.8 Å². The maximum atomic E-state index is 13.4. The second-order valence-corrected chi connectivity index (χ2v) is 8.74. The van der Waals surface area contributed by atoms with Crippen molar-refractivity contribution in [1.29, 1.82) is 0 Å². The van der Waals surface area contributed by atoms with Crippen LogP contribution in [0.1, 0.15) is 28.5 Å². The van der Waals surface area contributed by atoms with E-state index in [0.29, 0.717) is 34.2 Å². The van der Waals surface area contributed by atoms with Gasteiger partial charge in [0.15, 0.2) is 11.5 Å². The first-order chi connectivity index (χ1) is 14.6. The number of hydrogen-bond acceptors (Lipinski definition) is 6. The lowest BCUT2D eigenvalue weighted by Crippen LogP contribution is -2.55. The molecular formula is C22H16ClN3O3S. The van der Waals surface area contributed by atoms with E-state index in [2.05, 4.69) is 5.32 Å². The van der Waals surface area contributed by atoms with E-state index in [1.54, 1.807) is 41.7 Å². The molecular weight excluding hydrogens is 422 g/mol. The van der Waals surface area contributed by atoms with Crippen LogP contribution in [0.25, 0.3) is 0 Å². The van der Waals surface area contributed by atoms with Crippen molar-refractivity contribution in [2.24, 2.45) is 5.10 Å². The summed E-state index contributed by atoms with van der Waals surface area (Å²) in [6.45, 7) is 0. The second kappa shape index (κ2) is 6.23. The van der Waals surface area contributed by atoms with Gasteiger partial charge in [-0.25, -0.2) is 5.01 Å². The normalized spacial score (nSPS) is 23.4. The number of amides is 1. The largest absolute Gasteiger partial charge is 0.493 e. The summed E-state index contributed by atoms with van der Waals surface area (Å²) in [5.74, 6) is 0.851. The van der Waals surface area contributed by atoms with Crippen LogP contribution in [0.4, 0.5) is 5.69 Å². The van der Waals surface area contributed by atoms with Gasteiger partial charge >= 0.3 is 5.72 Å². The van der Waals surface area contributed by atoms with Gasteiger partial charge < -0.3 is 14.8 Å². The minimum Gasteiger partial charge on any atom is -0.493 e. The molecule has 3 aromatic rings. The summed E-state index contributed by atoms with van der Waals surface area (Å²) in [6, 6.07) is 15.0. The number of methoxy groups -OCH3 is 1. The number of hydrazone groups is 1. The van der Waals surface area contributed by atoms with Crippen molar-refractivity contribution in [1.82, 2.24) is 5.01 Å². The highest BCUT2D eigenvalue weighted by molar-refractivity contribution is 7.12. The van der Waals surface area contributed by atoms with Gasteiger partial charge in [0, 0.05) is 17.0 Å². The molecule has 0 saturated heterocycles. The molecule has 3 aliphatic heterocycles. The van der Waals surface area contributed by atoms with E-state index in [0.717, 1.165) is 16.2 Å². The van der Waals surface area contributed by atoms with Crippen molar-refractivity contribution < 1.29 is 14.3 Å². The molecule has 1 amide bonds. The van der Waals surface area contributed by atoms with Crippen molar-refractivity contribution >= 4 is 40.2 Å². The van der Waals surface area contributed by atoms with Crippen LogP contribution in [-0.2, 0) is 10.5 Å². The standard InChI is InChI=1S/C22H16ClN3O3S/c1-28-18-5-2-4-13-17-11-16(19-6-3-9-30-19)25-26(17)22(29-20(13)18)14-10-12(23)7-8-15(14)24-21(22)27/h2-10,17H,11H2,1H3,(H,24,27)/t17-,22+/m1/s1. The molecule has 0 saturated carbocycles. The van der Waals surface area contributed by atoms with E-state index < -0.39 is 5.72 Å². The Morgan fingerprint density at radius 1 is 1.30 bits per heavy atom. The average Bonchev–Trinajstić information content (AvgIpc) is 3.48. The van der Waals surface area contributed by atoms with Gasteiger partial charge in [0.05, 0.1) is 35.0 Å². The van der Waals surface area contributed by atoms with E-state index in [1.165, 1.54) is 0 Å². The molecule has 0 radical (unpaired) electrons. The average molecular weight is 438 g/mol.